The largest absolute Gasteiger partial charge is 0.335 e. The molecule has 15 heavy (non-hydrogen) atoms. The fourth-order valence-corrected chi connectivity index (χ4v) is 2.19. The van der Waals surface area contributed by atoms with Crippen LogP contribution in [0.2, 0.25) is 0 Å². The number of aromatic nitrogens is 2. The molecule has 2 heterocycles. The highest BCUT2D eigenvalue weighted by Gasteiger charge is 2.20. The minimum absolute atomic E-state index is 0.185. The van der Waals surface area contributed by atoms with Crippen molar-refractivity contribution in [3.05, 3.63) is 17.2 Å². The van der Waals surface area contributed by atoms with Crippen LogP contribution in [0.25, 0.3) is 0 Å². The summed E-state index contributed by atoms with van der Waals surface area (Å²) in [6.45, 7) is 4.13. The Hall–Kier alpha value is -0.870. The van der Waals surface area contributed by atoms with E-state index in [9.17, 15) is 0 Å². The number of rotatable bonds is 2. The molecule has 0 aliphatic carbocycles. The van der Waals surface area contributed by atoms with Crippen molar-refractivity contribution in [2.45, 2.75) is 32.4 Å². The molecule has 2 N–H and O–H groups in total. The van der Waals surface area contributed by atoms with E-state index in [2.05, 4.69) is 28.5 Å². The molecule has 1 aliphatic heterocycles. The normalized spacial score (nSPS) is 18.9. The van der Waals surface area contributed by atoms with Gasteiger partial charge in [-0.1, -0.05) is 0 Å². The van der Waals surface area contributed by atoms with Gasteiger partial charge in [0.15, 0.2) is 0 Å². The van der Waals surface area contributed by atoms with Gasteiger partial charge >= 0.3 is 0 Å². The van der Waals surface area contributed by atoms with Gasteiger partial charge in [0, 0.05) is 44.7 Å². The van der Waals surface area contributed by atoms with Crippen LogP contribution in [0.4, 0.5) is 0 Å². The van der Waals surface area contributed by atoms with Crippen molar-refractivity contribution in [2.75, 3.05) is 13.6 Å². The number of hydrogen-bond donors (Lipinski definition) is 1. The van der Waals surface area contributed by atoms with Gasteiger partial charge in [0.25, 0.3) is 0 Å². The lowest BCUT2D eigenvalue weighted by Gasteiger charge is -2.21. The van der Waals surface area contributed by atoms with Gasteiger partial charge in [-0.3, -0.25) is 0 Å². The first-order chi connectivity index (χ1) is 7.08. The SMILES string of the molecule is CC(N)Cc1nc2c(n1C)CCN(C)C2. The highest BCUT2D eigenvalue weighted by Crippen LogP contribution is 2.18. The maximum absolute atomic E-state index is 5.81. The van der Waals surface area contributed by atoms with Crippen molar-refractivity contribution >= 4 is 0 Å². The number of nitrogens with two attached hydrogens (primary N) is 1. The maximum Gasteiger partial charge on any atom is 0.110 e. The lowest BCUT2D eigenvalue weighted by atomic mass is 10.1. The Morgan fingerprint density at radius 2 is 2.20 bits per heavy atom. The van der Waals surface area contributed by atoms with E-state index >= 15 is 0 Å². The van der Waals surface area contributed by atoms with E-state index in [1.165, 1.54) is 11.4 Å². The van der Waals surface area contributed by atoms with E-state index in [1.807, 2.05) is 6.92 Å². The van der Waals surface area contributed by atoms with Crippen molar-refractivity contribution in [3.63, 3.8) is 0 Å². The van der Waals surface area contributed by atoms with Crippen LogP contribution in [-0.2, 0) is 26.4 Å². The van der Waals surface area contributed by atoms with Gasteiger partial charge in [0.1, 0.15) is 5.82 Å². The van der Waals surface area contributed by atoms with E-state index in [-0.39, 0.29) is 6.04 Å². The zero-order valence-electron chi connectivity index (χ0n) is 9.82. The predicted molar refractivity (Wildman–Crippen MR) is 60.6 cm³/mol. The standard InChI is InChI=1S/C11H20N4/c1-8(12)6-11-13-9-7-14(2)5-4-10(9)15(11)3/h8H,4-7,12H2,1-3H3. The highest BCUT2D eigenvalue weighted by atomic mass is 15.2. The minimum Gasteiger partial charge on any atom is -0.335 e. The summed E-state index contributed by atoms with van der Waals surface area (Å²) in [5, 5.41) is 0. The lowest BCUT2D eigenvalue weighted by molar-refractivity contribution is 0.305. The van der Waals surface area contributed by atoms with Crippen molar-refractivity contribution in [2.24, 2.45) is 12.8 Å². The first-order valence-corrected chi connectivity index (χ1v) is 5.55. The fraction of sp³-hybridized carbons (Fsp3) is 0.727. The Bertz CT molecular complexity index is 354. The topological polar surface area (TPSA) is 47.1 Å². The molecule has 0 bridgehead atoms. The summed E-state index contributed by atoms with van der Waals surface area (Å²) >= 11 is 0. The number of fused-ring (bicyclic) bond motifs is 1. The molecule has 0 spiro atoms. The van der Waals surface area contributed by atoms with Crippen molar-refractivity contribution in [3.8, 4) is 0 Å². The molecule has 2 rings (SSSR count). The Labute approximate surface area is 91.1 Å². The van der Waals surface area contributed by atoms with Crippen molar-refractivity contribution < 1.29 is 0 Å². The Morgan fingerprint density at radius 1 is 1.47 bits per heavy atom. The van der Waals surface area contributed by atoms with Gasteiger partial charge in [-0.2, -0.15) is 0 Å². The number of hydrogen-bond acceptors (Lipinski definition) is 3. The third-order valence-corrected chi connectivity index (χ3v) is 3.04. The summed E-state index contributed by atoms with van der Waals surface area (Å²) in [7, 11) is 4.25. The zero-order chi connectivity index (χ0) is 11.0. The molecule has 0 aromatic carbocycles. The first kappa shape index (κ1) is 10.6. The summed E-state index contributed by atoms with van der Waals surface area (Å²) in [5.74, 6) is 1.13. The van der Waals surface area contributed by atoms with E-state index < -0.39 is 0 Å². The third-order valence-electron chi connectivity index (χ3n) is 3.04. The molecule has 0 fully saturated rings. The molecule has 0 amide bonds. The summed E-state index contributed by atoms with van der Waals surface area (Å²) in [6, 6.07) is 0.185. The molecule has 1 aliphatic rings. The van der Waals surface area contributed by atoms with E-state index in [0.29, 0.717) is 0 Å². The fourth-order valence-electron chi connectivity index (χ4n) is 2.19. The molecule has 4 nitrogen and oxygen atoms in total. The summed E-state index contributed by atoms with van der Waals surface area (Å²) in [6.07, 6.45) is 1.97. The van der Waals surface area contributed by atoms with Crippen LogP contribution in [0, 0.1) is 0 Å². The smallest absolute Gasteiger partial charge is 0.110 e. The van der Waals surface area contributed by atoms with Gasteiger partial charge in [-0.25, -0.2) is 4.98 Å². The maximum atomic E-state index is 5.81. The Balaban J connectivity index is 2.28. The third kappa shape index (κ3) is 2.06. The molecule has 1 unspecified atom stereocenters. The molecular weight excluding hydrogens is 188 g/mol. The average molecular weight is 208 g/mol. The van der Waals surface area contributed by atoms with Crippen LogP contribution in [-0.4, -0.2) is 34.1 Å². The van der Waals surface area contributed by atoms with Crippen LogP contribution in [0.3, 0.4) is 0 Å². The summed E-state index contributed by atoms with van der Waals surface area (Å²) < 4.78 is 2.23. The minimum atomic E-state index is 0.185. The predicted octanol–water partition coefficient (Wildman–Crippen LogP) is 0.298. The first-order valence-electron chi connectivity index (χ1n) is 5.55. The van der Waals surface area contributed by atoms with Crippen molar-refractivity contribution in [1.29, 1.82) is 0 Å². The van der Waals surface area contributed by atoms with Crippen LogP contribution in [0.15, 0.2) is 0 Å². The molecule has 84 valence electrons. The number of imidazole rings is 1. The molecule has 1 atom stereocenters. The molecule has 0 saturated carbocycles. The van der Waals surface area contributed by atoms with Gasteiger partial charge in [-0.15, -0.1) is 0 Å². The second-order valence-corrected chi connectivity index (χ2v) is 4.65. The number of nitrogens with zero attached hydrogens (tertiary/aromatic N) is 3. The van der Waals surface area contributed by atoms with E-state index in [1.54, 1.807) is 0 Å². The van der Waals surface area contributed by atoms with Gasteiger partial charge in [-0.05, 0) is 14.0 Å². The molecule has 1 aromatic heterocycles. The van der Waals surface area contributed by atoms with E-state index in [4.69, 9.17) is 5.73 Å². The van der Waals surface area contributed by atoms with Gasteiger partial charge in [0.2, 0.25) is 0 Å². The second-order valence-electron chi connectivity index (χ2n) is 4.65. The summed E-state index contributed by atoms with van der Waals surface area (Å²) in [4.78, 5) is 6.99. The molecule has 1 aromatic rings. The Kier molecular flexibility index (Phi) is 2.80. The van der Waals surface area contributed by atoms with Crippen LogP contribution >= 0.6 is 0 Å². The van der Waals surface area contributed by atoms with E-state index in [0.717, 1.165) is 31.8 Å². The van der Waals surface area contributed by atoms with Gasteiger partial charge in [0.05, 0.1) is 5.69 Å². The lowest BCUT2D eigenvalue weighted by Crippen LogP contribution is -2.27. The molecular formula is C11H20N4. The number of likely N-dealkylation sites (N-methyl/N-ethyl adjacent to an activating group) is 1. The molecule has 0 saturated heterocycles. The van der Waals surface area contributed by atoms with Crippen molar-refractivity contribution in [1.82, 2.24) is 14.5 Å². The zero-order valence-corrected chi connectivity index (χ0v) is 9.82. The Morgan fingerprint density at radius 3 is 2.87 bits per heavy atom. The monoisotopic (exact) mass is 208 g/mol. The van der Waals surface area contributed by atoms with Crippen LogP contribution in [0.5, 0.6) is 0 Å². The van der Waals surface area contributed by atoms with Gasteiger partial charge < -0.3 is 15.2 Å². The second kappa shape index (κ2) is 3.94. The van der Waals surface area contributed by atoms with Crippen LogP contribution in [0.1, 0.15) is 24.1 Å². The summed E-state index contributed by atoms with van der Waals surface area (Å²) in [5.41, 5.74) is 8.44. The highest BCUT2D eigenvalue weighted by molar-refractivity contribution is 5.20. The van der Waals surface area contributed by atoms with Crippen LogP contribution < -0.4 is 5.73 Å². The quantitative estimate of drug-likeness (QED) is 0.760. The molecule has 4 heteroatoms. The molecule has 0 radical (unpaired) electrons. The average Bonchev–Trinajstić information content (AvgIpc) is 2.42.